The summed E-state index contributed by atoms with van der Waals surface area (Å²) >= 11 is 0. The molecule has 0 bridgehead atoms. The van der Waals surface area contributed by atoms with Crippen molar-refractivity contribution in [3.63, 3.8) is 0 Å². The van der Waals surface area contributed by atoms with Crippen molar-refractivity contribution < 1.29 is 14.3 Å². The van der Waals surface area contributed by atoms with E-state index in [4.69, 9.17) is 5.11 Å². The zero-order valence-electron chi connectivity index (χ0n) is 10.2. The summed E-state index contributed by atoms with van der Waals surface area (Å²) in [5.41, 5.74) is 0.536. The fourth-order valence-electron chi connectivity index (χ4n) is 1.64. The molecule has 0 heterocycles. The molecule has 94 valence electrons. The van der Waals surface area contributed by atoms with Crippen molar-refractivity contribution in [2.45, 2.75) is 32.9 Å². The third-order valence-corrected chi connectivity index (χ3v) is 2.88. The number of benzene rings is 1. The van der Waals surface area contributed by atoms with Gasteiger partial charge in [-0.05, 0) is 19.4 Å². The standard InChI is InChI=1S/C13H18FNO2/c1-3-10(2)15(9-13(16)17)8-11-6-4-5-7-12(11)14/h4-7,10H,3,8-9H2,1-2H3,(H,16,17)/t10-/m0/s1. The monoisotopic (exact) mass is 239 g/mol. The Morgan fingerprint density at radius 2 is 2.12 bits per heavy atom. The summed E-state index contributed by atoms with van der Waals surface area (Å²) in [6.45, 7) is 4.20. The van der Waals surface area contributed by atoms with Crippen molar-refractivity contribution in [1.82, 2.24) is 4.90 Å². The highest BCUT2D eigenvalue weighted by atomic mass is 19.1. The van der Waals surface area contributed by atoms with Gasteiger partial charge in [0.1, 0.15) is 5.82 Å². The minimum atomic E-state index is -0.887. The van der Waals surface area contributed by atoms with Crippen LogP contribution in [-0.4, -0.2) is 28.6 Å². The van der Waals surface area contributed by atoms with Crippen molar-refractivity contribution in [1.29, 1.82) is 0 Å². The molecule has 1 atom stereocenters. The maximum Gasteiger partial charge on any atom is 0.317 e. The number of hydrogen-bond acceptors (Lipinski definition) is 2. The number of nitrogens with zero attached hydrogens (tertiary/aromatic N) is 1. The molecular formula is C13H18FNO2. The Balaban J connectivity index is 2.79. The zero-order chi connectivity index (χ0) is 12.8. The summed E-state index contributed by atoms with van der Waals surface area (Å²) < 4.78 is 13.5. The Bertz CT molecular complexity index is 381. The van der Waals surface area contributed by atoms with Crippen LogP contribution >= 0.6 is 0 Å². The first-order valence-electron chi connectivity index (χ1n) is 5.73. The Morgan fingerprint density at radius 1 is 1.47 bits per heavy atom. The fourth-order valence-corrected chi connectivity index (χ4v) is 1.64. The summed E-state index contributed by atoms with van der Waals surface area (Å²) in [5.74, 6) is -1.17. The van der Waals surface area contributed by atoms with Gasteiger partial charge in [0, 0.05) is 18.2 Å². The molecule has 0 aliphatic rings. The van der Waals surface area contributed by atoms with E-state index in [-0.39, 0.29) is 18.4 Å². The number of carbonyl (C=O) groups is 1. The number of halogens is 1. The first kappa shape index (κ1) is 13.6. The highest BCUT2D eigenvalue weighted by Gasteiger charge is 2.17. The van der Waals surface area contributed by atoms with Crippen LogP contribution in [0, 0.1) is 5.82 Å². The maximum absolute atomic E-state index is 13.5. The predicted octanol–water partition coefficient (Wildman–Crippen LogP) is 2.51. The van der Waals surface area contributed by atoms with Crippen molar-refractivity contribution in [3.05, 3.63) is 35.6 Å². The second-order valence-corrected chi connectivity index (χ2v) is 4.15. The molecule has 0 saturated heterocycles. The van der Waals surface area contributed by atoms with E-state index in [2.05, 4.69) is 0 Å². The van der Waals surface area contributed by atoms with Gasteiger partial charge in [0.2, 0.25) is 0 Å². The highest BCUT2D eigenvalue weighted by Crippen LogP contribution is 2.13. The van der Waals surface area contributed by atoms with Gasteiger partial charge in [-0.15, -0.1) is 0 Å². The molecule has 1 aromatic carbocycles. The van der Waals surface area contributed by atoms with E-state index in [1.807, 2.05) is 13.8 Å². The lowest BCUT2D eigenvalue weighted by molar-refractivity contribution is -0.139. The number of carboxylic acid groups (broad SMARTS) is 1. The summed E-state index contributed by atoms with van der Waals surface area (Å²) in [6.07, 6.45) is 0.835. The SMILES string of the molecule is CC[C@H](C)N(CC(=O)O)Cc1ccccc1F. The molecule has 0 unspecified atom stereocenters. The molecule has 0 fully saturated rings. The van der Waals surface area contributed by atoms with Crippen molar-refractivity contribution in [2.24, 2.45) is 0 Å². The number of aliphatic carboxylic acids is 1. The van der Waals surface area contributed by atoms with Gasteiger partial charge in [0.25, 0.3) is 0 Å². The van der Waals surface area contributed by atoms with Crippen molar-refractivity contribution in [3.8, 4) is 0 Å². The fraction of sp³-hybridized carbons (Fsp3) is 0.462. The molecule has 17 heavy (non-hydrogen) atoms. The number of hydrogen-bond donors (Lipinski definition) is 1. The van der Waals surface area contributed by atoms with Gasteiger partial charge in [-0.1, -0.05) is 25.1 Å². The van der Waals surface area contributed by atoms with Crippen LogP contribution in [0.3, 0.4) is 0 Å². The van der Waals surface area contributed by atoms with Crippen LogP contribution < -0.4 is 0 Å². The predicted molar refractivity (Wildman–Crippen MR) is 64.2 cm³/mol. The minimum Gasteiger partial charge on any atom is -0.480 e. The second-order valence-electron chi connectivity index (χ2n) is 4.15. The molecule has 4 heteroatoms. The summed E-state index contributed by atoms with van der Waals surface area (Å²) in [5, 5.41) is 8.84. The molecule has 1 N–H and O–H groups in total. The molecule has 0 aliphatic carbocycles. The third kappa shape index (κ3) is 4.15. The molecule has 0 aromatic heterocycles. The second kappa shape index (κ2) is 6.35. The maximum atomic E-state index is 13.5. The number of carboxylic acids is 1. The third-order valence-electron chi connectivity index (χ3n) is 2.88. The largest absolute Gasteiger partial charge is 0.480 e. The molecule has 0 amide bonds. The molecule has 0 spiro atoms. The lowest BCUT2D eigenvalue weighted by Crippen LogP contribution is -2.36. The van der Waals surface area contributed by atoms with E-state index in [0.29, 0.717) is 12.1 Å². The Hall–Kier alpha value is -1.42. The quantitative estimate of drug-likeness (QED) is 0.829. The normalized spacial score (nSPS) is 12.7. The van der Waals surface area contributed by atoms with E-state index in [9.17, 15) is 9.18 Å². The van der Waals surface area contributed by atoms with Crippen molar-refractivity contribution >= 4 is 5.97 Å². The van der Waals surface area contributed by atoms with Crippen LogP contribution in [0.25, 0.3) is 0 Å². The molecule has 3 nitrogen and oxygen atoms in total. The molecule has 0 saturated carbocycles. The van der Waals surface area contributed by atoms with E-state index < -0.39 is 5.97 Å². The van der Waals surface area contributed by atoms with Gasteiger partial charge >= 0.3 is 5.97 Å². The smallest absolute Gasteiger partial charge is 0.317 e. The Morgan fingerprint density at radius 3 is 2.65 bits per heavy atom. The number of rotatable bonds is 6. The Kier molecular flexibility index (Phi) is 5.10. The lowest BCUT2D eigenvalue weighted by atomic mass is 10.1. The van der Waals surface area contributed by atoms with Gasteiger partial charge < -0.3 is 5.11 Å². The molecule has 1 aromatic rings. The van der Waals surface area contributed by atoms with Gasteiger partial charge in [0.15, 0.2) is 0 Å². The summed E-state index contributed by atoms with van der Waals surface area (Å²) in [7, 11) is 0. The summed E-state index contributed by atoms with van der Waals surface area (Å²) in [4.78, 5) is 12.5. The van der Waals surface area contributed by atoms with E-state index in [0.717, 1.165) is 6.42 Å². The van der Waals surface area contributed by atoms with Gasteiger partial charge in [-0.2, -0.15) is 0 Å². The lowest BCUT2D eigenvalue weighted by Gasteiger charge is -2.26. The van der Waals surface area contributed by atoms with Crippen LogP contribution in [0.5, 0.6) is 0 Å². The van der Waals surface area contributed by atoms with Crippen LogP contribution in [0.15, 0.2) is 24.3 Å². The minimum absolute atomic E-state index is 0.0661. The zero-order valence-corrected chi connectivity index (χ0v) is 10.2. The van der Waals surface area contributed by atoms with Crippen LogP contribution in [0.4, 0.5) is 4.39 Å². The van der Waals surface area contributed by atoms with Crippen LogP contribution in [0.1, 0.15) is 25.8 Å². The first-order chi connectivity index (χ1) is 8.04. The van der Waals surface area contributed by atoms with Gasteiger partial charge in [-0.25, -0.2) is 4.39 Å². The first-order valence-corrected chi connectivity index (χ1v) is 5.73. The molecular weight excluding hydrogens is 221 g/mol. The molecule has 0 aliphatic heterocycles. The summed E-state index contributed by atoms with van der Waals surface area (Å²) in [6, 6.07) is 6.58. The van der Waals surface area contributed by atoms with E-state index in [1.165, 1.54) is 6.07 Å². The molecule has 1 rings (SSSR count). The highest BCUT2D eigenvalue weighted by molar-refractivity contribution is 5.69. The van der Waals surface area contributed by atoms with Gasteiger partial charge in [-0.3, -0.25) is 9.69 Å². The molecule has 0 radical (unpaired) electrons. The van der Waals surface area contributed by atoms with E-state index in [1.54, 1.807) is 23.1 Å². The van der Waals surface area contributed by atoms with E-state index >= 15 is 0 Å². The average molecular weight is 239 g/mol. The van der Waals surface area contributed by atoms with Gasteiger partial charge in [0.05, 0.1) is 6.54 Å². The topological polar surface area (TPSA) is 40.5 Å². The van der Waals surface area contributed by atoms with Crippen LogP contribution in [0.2, 0.25) is 0 Å². The van der Waals surface area contributed by atoms with Crippen molar-refractivity contribution in [2.75, 3.05) is 6.54 Å². The van der Waals surface area contributed by atoms with Crippen LogP contribution in [-0.2, 0) is 11.3 Å². The Labute approximate surface area is 101 Å². The average Bonchev–Trinajstić information content (AvgIpc) is 2.29.